The number of rotatable bonds is 6. The second-order valence-corrected chi connectivity index (χ2v) is 15.7. The molecule has 0 saturated carbocycles. The number of pyridine rings is 2. The van der Waals surface area contributed by atoms with Gasteiger partial charge in [-0.05, 0) is 91.4 Å². The summed E-state index contributed by atoms with van der Waals surface area (Å²) in [4.78, 5) is 11.4. The Kier molecular flexibility index (Phi) is 7.50. The predicted molar refractivity (Wildman–Crippen MR) is 222 cm³/mol. The number of hydrogen-bond donors (Lipinski definition) is 0. The molecule has 8 aromatic rings. The van der Waals surface area contributed by atoms with Crippen molar-refractivity contribution in [3.63, 3.8) is 0 Å². The maximum absolute atomic E-state index is 6.44. The third kappa shape index (κ3) is 4.89. The molecule has 3 nitrogen and oxygen atoms in total. The molecular formula is C52H40N2O. The molecule has 10 rings (SSSR count). The Labute approximate surface area is 323 Å². The molecule has 2 aliphatic rings. The number of para-hydroxylation sites is 1. The standard InChI is InChI=1S/C52H40N2O/c1-50(2,3)36-33-47(51(35-19-6-4-7-20-35)42-27-14-10-23-38(42)39-24-11-15-28-43(39)51)53-48(34-36)52(44-29-16-12-25-40(44)41-26-13-17-30-45(41)52)46-31-18-32-49(54-46)55-37-21-8-5-9-22-37/h4-34H,1-3H3. The van der Waals surface area contributed by atoms with E-state index in [1.54, 1.807) is 0 Å². The summed E-state index contributed by atoms with van der Waals surface area (Å²) in [5, 5.41) is 0. The summed E-state index contributed by atoms with van der Waals surface area (Å²) in [7, 11) is 0. The van der Waals surface area contributed by atoms with Gasteiger partial charge in [-0.15, -0.1) is 0 Å². The van der Waals surface area contributed by atoms with Gasteiger partial charge in [-0.3, -0.25) is 4.98 Å². The number of aromatic nitrogens is 2. The van der Waals surface area contributed by atoms with Crippen molar-refractivity contribution in [2.75, 3.05) is 0 Å². The Morgan fingerprint density at radius 2 is 0.836 bits per heavy atom. The zero-order valence-electron chi connectivity index (χ0n) is 31.2. The second kappa shape index (κ2) is 12.5. The van der Waals surface area contributed by atoms with E-state index < -0.39 is 10.8 Å². The van der Waals surface area contributed by atoms with Crippen LogP contribution in [0.1, 0.15) is 71.2 Å². The van der Waals surface area contributed by atoms with Gasteiger partial charge in [0.1, 0.15) is 11.2 Å². The summed E-state index contributed by atoms with van der Waals surface area (Å²) in [6.45, 7) is 6.91. The average molecular weight is 709 g/mol. The highest BCUT2D eigenvalue weighted by molar-refractivity contribution is 5.87. The molecule has 0 radical (unpaired) electrons. The number of fused-ring (bicyclic) bond motifs is 6. The van der Waals surface area contributed by atoms with Gasteiger partial charge in [0.25, 0.3) is 0 Å². The van der Waals surface area contributed by atoms with E-state index in [0.29, 0.717) is 5.88 Å². The minimum Gasteiger partial charge on any atom is -0.439 e. The van der Waals surface area contributed by atoms with Crippen LogP contribution in [0.3, 0.4) is 0 Å². The summed E-state index contributed by atoms with van der Waals surface area (Å²) in [5.74, 6) is 1.28. The van der Waals surface area contributed by atoms with Gasteiger partial charge in [-0.1, -0.05) is 172 Å². The molecule has 0 atom stereocenters. The minimum atomic E-state index is -0.852. The fraction of sp³-hybridized carbons (Fsp3) is 0.115. The van der Waals surface area contributed by atoms with Crippen molar-refractivity contribution in [1.29, 1.82) is 0 Å². The van der Waals surface area contributed by atoms with Crippen LogP contribution in [-0.4, -0.2) is 9.97 Å². The van der Waals surface area contributed by atoms with E-state index >= 15 is 0 Å². The van der Waals surface area contributed by atoms with E-state index in [9.17, 15) is 0 Å². The quantitative estimate of drug-likeness (QED) is 0.172. The molecule has 0 unspecified atom stereocenters. The average Bonchev–Trinajstić information content (AvgIpc) is 3.70. The highest BCUT2D eigenvalue weighted by atomic mass is 16.5. The maximum Gasteiger partial charge on any atom is 0.219 e. The third-order valence-electron chi connectivity index (χ3n) is 11.6. The first kappa shape index (κ1) is 33.0. The molecule has 0 fully saturated rings. The number of hydrogen-bond acceptors (Lipinski definition) is 3. The monoisotopic (exact) mass is 708 g/mol. The summed E-state index contributed by atoms with van der Waals surface area (Å²) < 4.78 is 6.44. The van der Waals surface area contributed by atoms with Crippen molar-refractivity contribution in [3.05, 3.63) is 239 Å². The smallest absolute Gasteiger partial charge is 0.219 e. The third-order valence-corrected chi connectivity index (χ3v) is 11.6. The molecule has 55 heavy (non-hydrogen) atoms. The second-order valence-electron chi connectivity index (χ2n) is 15.7. The highest BCUT2D eigenvalue weighted by Gasteiger charge is 2.52. The van der Waals surface area contributed by atoms with E-state index in [1.807, 2.05) is 36.4 Å². The van der Waals surface area contributed by atoms with E-state index in [4.69, 9.17) is 14.7 Å². The van der Waals surface area contributed by atoms with Crippen molar-refractivity contribution in [3.8, 4) is 33.9 Å². The van der Waals surface area contributed by atoms with Crippen LogP contribution in [0.15, 0.2) is 188 Å². The van der Waals surface area contributed by atoms with E-state index in [2.05, 4.69) is 172 Å². The molecule has 0 amide bonds. The molecule has 2 aromatic heterocycles. The SMILES string of the molecule is CC(C)(C)c1cc(C2(c3ccccc3)c3ccccc3-c3ccccc32)nc(C2(c3cccc(Oc4ccccc4)n3)c3ccccc3-c3ccccc32)c1. The van der Waals surface area contributed by atoms with Gasteiger partial charge in [0.2, 0.25) is 5.88 Å². The Bertz CT molecular complexity index is 2640. The molecule has 2 aliphatic carbocycles. The summed E-state index contributed by atoms with van der Waals surface area (Å²) in [6, 6.07) is 67.1. The number of benzene rings is 6. The van der Waals surface area contributed by atoms with Crippen LogP contribution in [0.2, 0.25) is 0 Å². The first-order chi connectivity index (χ1) is 26.9. The minimum absolute atomic E-state index is 0.202. The van der Waals surface area contributed by atoms with Gasteiger partial charge in [0.15, 0.2) is 0 Å². The van der Waals surface area contributed by atoms with Crippen LogP contribution >= 0.6 is 0 Å². The summed E-state index contributed by atoms with van der Waals surface area (Å²) >= 11 is 0. The zero-order chi connectivity index (χ0) is 37.2. The molecule has 264 valence electrons. The lowest BCUT2D eigenvalue weighted by Gasteiger charge is -2.37. The normalized spacial score (nSPS) is 14.4. The van der Waals surface area contributed by atoms with Crippen molar-refractivity contribution in [1.82, 2.24) is 9.97 Å². The van der Waals surface area contributed by atoms with Crippen LogP contribution < -0.4 is 4.74 Å². The number of ether oxygens (including phenoxy) is 1. The molecule has 0 saturated heterocycles. The Morgan fingerprint density at radius 1 is 0.400 bits per heavy atom. The number of nitrogens with zero attached hydrogens (tertiary/aromatic N) is 2. The lowest BCUT2D eigenvalue weighted by molar-refractivity contribution is 0.458. The van der Waals surface area contributed by atoms with Crippen molar-refractivity contribution in [2.24, 2.45) is 0 Å². The molecule has 2 heterocycles. The maximum atomic E-state index is 6.44. The van der Waals surface area contributed by atoms with Gasteiger partial charge in [-0.2, -0.15) is 0 Å². The molecule has 6 aromatic carbocycles. The van der Waals surface area contributed by atoms with Gasteiger partial charge in [0.05, 0.1) is 22.5 Å². The molecule has 0 aliphatic heterocycles. The van der Waals surface area contributed by atoms with Crippen molar-refractivity contribution < 1.29 is 4.74 Å². The van der Waals surface area contributed by atoms with Crippen LogP contribution in [0.25, 0.3) is 22.3 Å². The first-order valence-corrected chi connectivity index (χ1v) is 19.1. The molecule has 0 spiro atoms. The Hall–Kier alpha value is -6.58. The largest absolute Gasteiger partial charge is 0.439 e. The topological polar surface area (TPSA) is 35.0 Å². The van der Waals surface area contributed by atoms with Gasteiger partial charge in [0, 0.05) is 6.07 Å². The zero-order valence-corrected chi connectivity index (χ0v) is 31.2. The van der Waals surface area contributed by atoms with Crippen LogP contribution in [-0.2, 0) is 16.2 Å². The fourth-order valence-electron chi connectivity index (χ4n) is 9.21. The molecular weight excluding hydrogens is 669 g/mol. The Morgan fingerprint density at radius 3 is 1.35 bits per heavy atom. The van der Waals surface area contributed by atoms with Crippen molar-refractivity contribution in [2.45, 2.75) is 37.0 Å². The van der Waals surface area contributed by atoms with Crippen LogP contribution in [0.4, 0.5) is 0 Å². The lowest BCUT2D eigenvalue weighted by atomic mass is 9.67. The van der Waals surface area contributed by atoms with Crippen LogP contribution in [0, 0.1) is 0 Å². The van der Waals surface area contributed by atoms with E-state index in [1.165, 1.54) is 44.5 Å². The van der Waals surface area contributed by atoms with E-state index in [0.717, 1.165) is 34.0 Å². The van der Waals surface area contributed by atoms with Gasteiger partial charge in [-0.25, -0.2) is 4.98 Å². The van der Waals surface area contributed by atoms with E-state index in [-0.39, 0.29) is 5.41 Å². The molecule has 0 N–H and O–H groups in total. The van der Waals surface area contributed by atoms with Gasteiger partial charge >= 0.3 is 0 Å². The summed E-state index contributed by atoms with van der Waals surface area (Å²) in [6.07, 6.45) is 0. The fourth-order valence-corrected chi connectivity index (χ4v) is 9.21. The van der Waals surface area contributed by atoms with Crippen LogP contribution in [0.5, 0.6) is 11.6 Å². The highest BCUT2D eigenvalue weighted by Crippen LogP contribution is 2.59. The predicted octanol–water partition coefficient (Wildman–Crippen LogP) is 12.3. The van der Waals surface area contributed by atoms with Crippen molar-refractivity contribution >= 4 is 0 Å². The first-order valence-electron chi connectivity index (χ1n) is 19.1. The van der Waals surface area contributed by atoms with Gasteiger partial charge < -0.3 is 4.74 Å². The summed E-state index contributed by atoms with van der Waals surface area (Å²) in [5.41, 5.74) is 13.1. The molecule has 0 bridgehead atoms. The Balaban J connectivity index is 1.34. The molecule has 3 heteroatoms. The lowest BCUT2D eigenvalue weighted by Crippen LogP contribution is -2.35.